The van der Waals surface area contributed by atoms with Crippen LogP contribution in [0.15, 0.2) is 24.3 Å². The summed E-state index contributed by atoms with van der Waals surface area (Å²) in [4.78, 5) is 0. The zero-order valence-electron chi connectivity index (χ0n) is 5.95. The van der Waals surface area contributed by atoms with E-state index in [2.05, 4.69) is 16.5 Å². The number of rotatable bonds is 1. The topological polar surface area (TPSA) is 38.9 Å². The first-order valence-electron chi connectivity index (χ1n) is 3.45. The van der Waals surface area contributed by atoms with E-state index in [1.165, 1.54) is 21.6 Å². The summed E-state index contributed by atoms with van der Waals surface area (Å²) in [6, 6.07) is 8.14. The van der Waals surface area contributed by atoms with Crippen molar-refractivity contribution >= 4 is 21.6 Å². The molecular formula is C8H8N2S. The minimum atomic E-state index is 0.532. The molecule has 1 aromatic carbocycles. The molecule has 0 unspecified atom stereocenters. The van der Waals surface area contributed by atoms with Crippen LogP contribution in [0.3, 0.4) is 0 Å². The maximum Gasteiger partial charge on any atom is 0.0756 e. The normalized spacial score (nSPS) is 10.6. The lowest BCUT2D eigenvalue weighted by Crippen LogP contribution is -1.95. The van der Waals surface area contributed by atoms with E-state index in [-0.39, 0.29) is 0 Å². The molecule has 0 fully saturated rings. The third-order valence-electron chi connectivity index (χ3n) is 1.65. The maximum atomic E-state index is 5.50. The molecule has 2 rings (SSSR count). The molecule has 0 aliphatic heterocycles. The summed E-state index contributed by atoms with van der Waals surface area (Å²) in [5, 5.41) is 1.19. The minimum absolute atomic E-state index is 0.532. The lowest BCUT2D eigenvalue weighted by atomic mass is 10.2. The first-order valence-corrected chi connectivity index (χ1v) is 4.22. The second-order valence-electron chi connectivity index (χ2n) is 2.33. The molecular weight excluding hydrogens is 156 g/mol. The number of nitrogens with two attached hydrogens (primary N) is 1. The van der Waals surface area contributed by atoms with Crippen LogP contribution in [0, 0.1) is 0 Å². The molecule has 0 spiro atoms. The van der Waals surface area contributed by atoms with E-state index in [1.54, 1.807) is 0 Å². The molecule has 0 amide bonds. The SMILES string of the molecule is NCc1nsc2ccccc12. The van der Waals surface area contributed by atoms with E-state index in [9.17, 15) is 0 Å². The number of hydrogen-bond donors (Lipinski definition) is 1. The summed E-state index contributed by atoms with van der Waals surface area (Å²) in [7, 11) is 0. The average Bonchev–Trinajstić information content (AvgIpc) is 2.47. The van der Waals surface area contributed by atoms with Crippen molar-refractivity contribution in [3.63, 3.8) is 0 Å². The Morgan fingerprint density at radius 2 is 2.18 bits per heavy atom. The first-order chi connectivity index (χ1) is 5.42. The predicted molar refractivity (Wildman–Crippen MR) is 47.5 cm³/mol. The number of fused-ring (bicyclic) bond motifs is 1. The van der Waals surface area contributed by atoms with Gasteiger partial charge in [0.25, 0.3) is 0 Å². The van der Waals surface area contributed by atoms with Crippen LogP contribution in [0.2, 0.25) is 0 Å². The minimum Gasteiger partial charge on any atom is -0.325 e. The maximum absolute atomic E-state index is 5.50. The molecule has 56 valence electrons. The molecule has 3 heteroatoms. The van der Waals surface area contributed by atoms with E-state index in [4.69, 9.17) is 5.73 Å². The Labute approximate surface area is 68.8 Å². The van der Waals surface area contributed by atoms with Gasteiger partial charge in [0.05, 0.1) is 10.4 Å². The van der Waals surface area contributed by atoms with Crippen molar-refractivity contribution in [2.45, 2.75) is 6.54 Å². The van der Waals surface area contributed by atoms with E-state index in [1.807, 2.05) is 12.1 Å². The van der Waals surface area contributed by atoms with Crippen LogP contribution in [0.1, 0.15) is 5.69 Å². The molecule has 0 aliphatic carbocycles. The fraction of sp³-hybridized carbons (Fsp3) is 0.125. The lowest BCUT2D eigenvalue weighted by molar-refractivity contribution is 1.04. The van der Waals surface area contributed by atoms with Gasteiger partial charge >= 0.3 is 0 Å². The molecule has 0 bridgehead atoms. The van der Waals surface area contributed by atoms with Crippen molar-refractivity contribution < 1.29 is 0 Å². The second-order valence-corrected chi connectivity index (χ2v) is 3.13. The van der Waals surface area contributed by atoms with Gasteiger partial charge in [-0.2, -0.15) is 4.37 Å². The van der Waals surface area contributed by atoms with Crippen LogP contribution in [0.5, 0.6) is 0 Å². The second kappa shape index (κ2) is 2.60. The Hall–Kier alpha value is -0.930. The standard InChI is InChI=1S/C8H8N2S/c9-5-7-6-3-1-2-4-8(6)11-10-7/h1-4H,5,9H2. The van der Waals surface area contributed by atoms with Gasteiger partial charge in [0, 0.05) is 11.9 Å². The van der Waals surface area contributed by atoms with Gasteiger partial charge in [-0.15, -0.1) is 0 Å². The highest BCUT2D eigenvalue weighted by Crippen LogP contribution is 2.21. The van der Waals surface area contributed by atoms with Crippen molar-refractivity contribution in [1.82, 2.24) is 4.37 Å². The summed E-state index contributed by atoms with van der Waals surface area (Å²) in [6.07, 6.45) is 0. The summed E-state index contributed by atoms with van der Waals surface area (Å²) in [6.45, 7) is 0.532. The summed E-state index contributed by atoms with van der Waals surface area (Å²) < 4.78 is 5.45. The monoisotopic (exact) mass is 164 g/mol. The van der Waals surface area contributed by atoms with Gasteiger partial charge in [-0.3, -0.25) is 0 Å². The number of aromatic nitrogens is 1. The molecule has 0 saturated heterocycles. The van der Waals surface area contributed by atoms with Crippen LogP contribution in [-0.2, 0) is 6.54 Å². The number of nitrogens with zero attached hydrogens (tertiary/aromatic N) is 1. The largest absolute Gasteiger partial charge is 0.325 e. The van der Waals surface area contributed by atoms with Gasteiger partial charge in [0.15, 0.2) is 0 Å². The van der Waals surface area contributed by atoms with Crippen molar-refractivity contribution in [3.05, 3.63) is 30.0 Å². The molecule has 0 saturated carbocycles. The smallest absolute Gasteiger partial charge is 0.0756 e. The molecule has 2 aromatic rings. The zero-order valence-corrected chi connectivity index (χ0v) is 6.77. The Kier molecular flexibility index (Phi) is 1.60. The third kappa shape index (κ3) is 1.02. The Morgan fingerprint density at radius 1 is 1.36 bits per heavy atom. The molecule has 0 radical (unpaired) electrons. The van der Waals surface area contributed by atoms with Crippen LogP contribution in [0.25, 0.3) is 10.1 Å². The Morgan fingerprint density at radius 3 is 3.00 bits per heavy atom. The number of benzene rings is 1. The van der Waals surface area contributed by atoms with Crippen LogP contribution in [0.4, 0.5) is 0 Å². The zero-order chi connectivity index (χ0) is 7.68. The predicted octanol–water partition coefficient (Wildman–Crippen LogP) is 1.75. The molecule has 0 aliphatic rings. The molecule has 1 heterocycles. The van der Waals surface area contributed by atoms with Crippen molar-refractivity contribution in [2.75, 3.05) is 0 Å². The van der Waals surface area contributed by atoms with Crippen LogP contribution in [-0.4, -0.2) is 4.37 Å². The van der Waals surface area contributed by atoms with E-state index >= 15 is 0 Å². The van der Waals surface area contributed by atoms with Gasteiger partial charge in [0.2, 0.25) is 0 Å². The molecule has 2 nitrogen and oxygen atoms in total. The van der Waals surface area contributed by atoms with Gasteiger partial charge in [0.1, 0.15) is 0 Å². The summed E-state index contributed by atoms with van der Waals surface area (Å²) >= 11 is 1.51. The third-order valence-corrected chi connectivity index (χ3v) is 2.51. The average molecular weight is 164 g/mol. The number of hydrogen-bond acceptors (Lipinski definition) is 3. The fourth-order valence-electron chi connectivity index (χ4n) is 1.09. The molecule has 0 atom stereocenters. The molecule has 2 N–H and O–H groups in total. The fourth-order valence-corrected chi connectivity index (χ4v) is 1.89. The first kappa shape index (κ1) is 6.76. The summed E-state index contributed by atoms with van der Waals surface area (Å²) in [5.41, 5.74) is 6.51. The highest BCUT2D eigenvalue weighted by Gasteiger charge is 2.01. The van der Waals surface area contributed by atoms with Gasteiger partial charge in [-0.25, -0.2) is 0 Å². The van der Waals surface area contributed by atoms with Crippen molar-refractivity contribution in [1.29, 1.82) is 0 Å². The molecule has 11 heavy (non-hydrogen) atoms. The van der Waals surface area contributed by atoms with E-state index in [0.717, 1.165) is 5.69 Å². The Balaban J connectivity index is 2.76. The van der Waals surface area contributed by atoms with Gasteiger partial charge < -0.3 is 5.73 Å². The van der Waals surface area contributed by atoms with E-state index < -0.39 is 0 Å². The van der Waals surface area contributed by atoms with Gasteiger partial charge in [-0.05, 0) is 17.6 Å². The Bertz CT molecular complexity index is 367. The van der Waals surface area contributed by atoms with Crippen LogP contribution < -0.4 is 5.73 Å². The van der Waals surface area contributed by atoms with Crippen molar-refractivity contribution in [2.24, 2.45) is 5.73 Å². The van der Waals surface area contributed by atoms with E-state index in [0.29, 0.717) is 6.54 Å². The quantitative estimate of drug-likeness (QED) is 0.697. The molecule has 1 aromatic heterocycles. The van der Waals surface area contributed by atoms with Crippen molar-refractivity contribution in [3.8, 4) is 0 Å². The highest BCUT2D eigenvalue weighted by molar-refractivity contribution is 7.13. The lowest BCUT2D eigenvalue weighted by Gasteiger charge is -1.88. The summed E-state index contributed by atoms with van der Waals surface area (Å²) in [5.74, 6) is 0. The van der Waals surface area contributed by atoms with Crippen LogP contribution >= 0.6 is 11.5 Å². The highest BCUT2D eigenvalue weighted by atomic mass is 32.1. The van der Waals surface area contributed by atoms with Gasteiger partial charge in [-0.1, -0.05) is 18.2 Å².